The molecule has 27 heavy (non-hydrogen) atoms. The molecule has 3 N–H and O–H groups in total. The Hall–Kier alpha value is -2.22. The summed E-state index contributed by atoms with van der Waals surface area (Å²) >= 11 is 0. The quantitative estimate of drug-likeness (QED) is 0.305. The van der Waals surface area contributed by atoms with Crippen molar-refractivity contribution in [2.24, 2.45) is 0 Å². The van der Waals surface area contributed by atoms with Gasteiger partial charge in [0.2, 0.25) is 0 Å². The molecule has 0 heterocycles. The van der Waals surface area contributed by atoms with Gasteiger partial charge in [-0.15, -0.1) is 0 Å². The number of aliphatic hydroxyl groups is 1. The van der Waals surface area contributed by atoms with Gasteiger partial charge in [0.25, 0.3) is 0 Å². The normalized spacial score (nSPS) is 17.5. The number of carbonyl (C=O) groups is 2. The Labute approximate surface area is 159 Å². The van der Waals surface area contributed by atoms with Gasteiger partial charge in [0.05, 0.1) is 5.97 Å². The lowest BCUT2D eigenvalue weighted by molar-refractivity contribution is -0.297. The van der Waals surface area contributed by atoms with Gasteiger partial charge >= 0.3 is 5.97 Å². The Morgan fingerprint density at radius 3 is 2.56 bits per heavy atom. The van der Waals surface area contributed by atoms with Crippen molar-refractivity contribution in [1.82, 2.24) is 10.6 Å². The molecule has 7 nitrogen and oxygen atoms in total. The van der Waals surface area contributed by atoms with E-state index < -0.39 is 24.3 Å². The fourth-order valence-corrected chi connectivity index (χ4v) is 3.07. The van der Waals surface area contributed by atoms with Crippen LogP contribution in [0.2, 0.25) is 0 Å². The van der Waals surface area contributed by atoms with Crippen LogP contribution in [0.4, 0.5) is 0 Å². The predicted molar refractivity (Wildman–Crippen MR) is 98.2 cm³/mol. The minimum absolute atomic E-state index is 0.272. The number of aliphatic carboxylic acids is 1. The van der Waals surface area contributed by atoms with E-state index in [0.717, 1.165) is 24.5 Å². The fourth-order valence-electron chi connectivity index (χ4n) is 3.07. The first kappa shape index (κ1) is 21.1. The third-order valence-electron chi connectivity index (χ3n) is 4.52. The van der Waals surface area contributed by atoms with Crippen LogP contribution >= 0.6 is 0 Å². The maximum absolute atomic E-state index is 11.8. The molecule has 0 saturated heterocycles. The molecule has 2 rings (SSSR count). The molecule has 2 atom stereocenters. The topological polar surface area (TPSA) is 111 Å². The van der Waals surface area contributed by atoms with Crippen LogP contribution in [0, 0.1) is 0 Å². The van der Waals surface area contributed by atoms with Crippen LogP contribution < -0.4 is 15.7 Å². The van der Waals surface area contributed by atoms with Crippen molar-refractivity contribution in [3.63, 3.8) is 0 Å². The first-order valence-corrected chi connectivity index (χ1v) is 9.33. The first-order chi connectivity index (χ1) is 13.0. The Bertz CT molecular complexity index is 614. The molecule has 7 heteroatoms. The number of carbonyl (C=O) groups excluding carboxylic acids is 2. The number of aliphatic hydroxyl groups excluding tert-OH is 1. The summed E-state index contributed by atoms with van der Waals surface area (Å²) in [7, 11) is 0. The molecular weight excluding hydrogens is 348 g/mol. The van der Waals surface area contributed by atoms with Gasteiger partial charge in [-0.1, -0.05) is 49.6 Å². The van der Waals surface area contributed by atoms with E-state index in [1.54, 1.807) is 0 Å². The van der Waals surface area contributed by atoms with Gasteiger partial charge in [-0.3, -0.25) is 5.32 Å². The summed E-state index contributed by atoms with van der Waals surface area (Å²) in [6.07, 6.45) is 5.16. The number of nitrogens with one attached hydrogen (secondary N) is 2. The van der Waals surface area contributed by atoms with E-state index in [9.17, 15) is 19.8 Å². The van der Waals surface area contributed by atoms with E-state index in [-0.39, 0.29) is 6.54 Å². The summed E-state index contributed by atoms with van der Waals surface area (Å²) < 4.78 is 5.21. The zero-order valence-corrected chi connectivity index (χ0v) is 15.3. The Kier molecular flexibility index (Phi) is 8.97. The van der Waals surface area contributed by atoms with E-state index in [0.29, 0.717) is 18.7 Å². The second-order valence-electron chi connectivity index (χ2n) is 6.69. The average Bonchev–Trinajstić information content (AvgIpc) is 2.69. The lowest BCUT2D eigenvalue weighted by atomic mass is 9.95. The molecular formula is C20H27N2O5-. The molecule has 0 aliphatic heterocycles. The molecule has 1 aliphatic rings. The highest BCUT2D eigenvalue weighted by Gasteiger charge is 2.23. The standard InChI is InChI=1S/C20H28N2O5/c23-17(14-21-16-9-5-2-6-10-16)20(27-19(26)12-11-18(24)25)22-13-15-7-3-1-4-8-15/h1,3-4,7-8,11-12,16-17,20-23H,2,5-6,9-10,13-14H2,(H,24,25)/p-1/b12-11-. The van der Waals surface area contributed by atoms with Gasteiger partial charge in [0, 0.05) is 25.2 Å². The number of hydrogen-bond acceptors (Lipinski definition) is 7. The first-order valence-electron chi connectivity index (χ1n) is 9.33. The molecule has 0 spiro atoms. The highest BCUT2D eigenvalue weighted by atomic mass is 16.6. The summed E-state index contributed by atoms with van der Waals surface area (Å²) in [6.45, 7) is 0.665. The van der Waals surface area contributed by atoms with Gasteiger partial charge in [0.1, 0.15) is 6.10 Å². The molecule has 0 amide bonds. The highest BCUT2D eigenvalue weighted by Crippen LogP contribution is 2.17. The van der Waals surface area contributed by atoms with Gasteiger partial charge in [-0.2, -0.15) is 0 Å². The minimum Gasteiger partial charge on any atom is -0.545 e. The number of carboxylic acids is 1. The molecule has 148 valence electrons. The van der Waals surface area contributed by atoms with Crippen LogP contribution in [0.1, 0.15) is 37.7 Å². The number of carboxylic acid groups (broad SMARTS) is 1. The molecule has 0 bridgehead atoms. The van der Waals surface area contributed by atoms with Crippen LogP contribution in [0.5, 0.6) is 0 Å². The summed E-state index contributed by atoms with van der Waals surface area (Å²) in [5, 5.41) is 27.3. The monoisotopic (exact) mass is 375 g/mol. The number of esters is 1. The zero-order valence-electron chi connectivity index (χ0n) is 15.3. The van der Waals surface area contributed by atoms with Crippen molar-refractivity contribution >= 4 is 11.9 Å². The number of rotatable bonds is 10. The third kappa shape index (κ3) is 8.34. The van der Waals surface area contributed by atoms with Crippen LogP contribution in [0.25, 0.3) is 0 Å². The van der Waals surface area contributed by atoms with Crippen molar-refractivity contribution in [3.05, 3.63) is 48.0 Å². The zero-order chi connectivity index (χ0) is 19.5. The molecule has 1 fully saturated rings. The van der Waals surface area contributed by atoms with E-state index >= 15 is 0 Å². The second kappa shape index (κ2) is 11.5. The lowest BCUT2D eigenvalue weighted by Gasteiger charge is -2.28. The fraction of sp³-hybridized carbons (Fsp3) is 0.500. The molecule has 0 aromatic heterocycles. The van der Waals surface area contributed by atoms with Crippen molar-refractivity contribution in [1.29, 1.82) is 0 Å². The Morgan fingerprint density at radius 1 is 1.19 bits per heavy atom. The third-order valence-corrected chi connectivity index (χ3v) is 4.52. The van der Waals surface area contributed by atoms with Crippen LogP contribution in [0.3, 0.4) is 0 Å². The molecule has 1 aromatic carbocycles. The summed E-state index contributed by atoms with van der Waals surface area (Å²) in [6, 6.07) is 9.86. The van der Waals surface area contributed by atoms with Crippen LogP contribution in [0.15, 0.2) is 42.5 Å². The highest BCUT2D eigenvalue weighted by molar-refractivity contribution is 5.89. The van der Waals surface area contributed by atoms with Gasteiger partial charge in [-0.05, 0) is 24.5 Å². The van der Waals surface area contributed by atoms with Gasteiger partial charge in [0.15, 0.2) is 6.23 Å². The molecule has 0 radical (unpaired) electrons. The summed E-state index contributed by atoms with van der Waals surface area (Å²) in [4.78, 5) is 22.2. The largest absolute Gasteiger partial charge is 0.545 e. The molecule has 1 aromatic rings. The van der Waals surface area contributed by atoms with E-state index in [1.165, 1.54) is 19.3 Å². The van der Waals surface area contributed by atoms with Crippen molar-refractivity contribution in [3.8, 4) is 0 Å². The average molecular weight is 375 g/mol. The SMILES string of the molecule is O=C([O-])/C=C\C(=O)OC(NCc1ccccc1)C(O)CNC1CCCCC1. The van der Waals surface area contributed by atoms with Crippen molar-refractivity contribution < 1.29 is 24.5 Å². The van der Waals surface area contributed by atoms with Gasteiger partial charge < -0.3 is 25.1 Å². The van der Waals surface area contributed by atoms with E-state index in [2.05, 4.69) is 10.6 Å². The van der Waals surface area contributed by atoms with Crippen molar-refractivity contribution in [2.45, 2.75) is 57.0 Å². The number of ether oxygens (including phenoxy) is 1. The van der Waals surface area contributed by atoms with E-state index in [4.69, 9.17) is 4.74 Å². The Balaban J connectivity index is 1.91. The molecule has 2 unspecified atom stereocenters. The predicted octanol–water partition coefficient (Wildman–Crippen LogP) is 0.235. The Morgan fingerprint density at radius 2 is 1.89 bits per heavy atom. The minimum atomic E-state index is -1.49. The maximum Gasteiger partial charge on any atom is 0.332 e. The smallest absolute Gasteiger partial charge is 0.332 e. The molecule has 1 aliphatic carbocycles. The van der Waals surface area contributed by atoms with Crippen LogP contribution in [-0.2, 0) is 20.9 Å². The summed E-state index contributed by atoms with van der Waals surface area (Å²) in [5.74, 6) is -2.35. The number of benzene rings is 1. The lowest BCUT2D eigenvalue weighted by Crippen LogP contribution is -2.49. The summed E-state index contributed by atoms with van der Waals surface area (Å²) in [5.41, 5.74) is 0.969. The second-order valence-corrected chi connectivity index (χ2v) is 6.69. The molecule has 1 saturated carbocycles. The maximum atomic E-state index is 11.8. The van der Waals surface area contributed by atoms with Crippen molar-refractivity contribution in [2.75, 3.05) is 6.54 Å². The van der Waals surface area contributed by atoms with Crippen LogP contribution in [-0.4, -0.2) is 42.0 Å². The van der Waals surface area contributed by atoms with E-state index in [1.807, 2.05) is 30.3 Å². The number of hydrogen-bond donors (Lipinski definition) is 3. The van der Waals surface area contributed by atoms with Gasteiger partial charge in [-0.25, -0.2) is 4.79 Å².